The van der Waals surface area contributed by atoms with Crippen LogP contribution in [-0.4, -0.2) is 30.3 Å². The molecule has 1 aliphatic heterocycles. The smallest absolute Gasteiger partial charge is 0.338 e. The third-order valence-electron chi connectivity index (χ3n) is 7.38. The molecule has 4 atom stereocenters. The summed E-state index contributed by atoms with van der Waals surface area (Å²) < 4.78 is 6.14. The molecule has 2 aliphatic carbocycles. The number of hydrogen-bond acceptors (Lipinski definition) is 5. The molecule has 1 heterocycles. The number of rotatable bonds is 5. The van der Waals surface area contributed by atoms with Crippen molar-refractivity contribution in [3.05, 3.63) is 57.6 Å². The van der Waals surface area contributed by atoms with Crippen LogP contribution in [0.3, 0.4) is 0 Å². The number of nitrogens with one attached hydrogen (secondary N) is 1. The second-order valence-electron chi connectivity index (χ2n) is 9.49. The van der Waals surface area contributed by atoms with Gasteiger partial charge in [-0.15, -0.1) is 0 Å². The first-order chi connectivity index (χ1) is 16.2. The molecular formula is C26H25BrN2O5. The van der Waals surface area contributed by atoms with Gasteiger partial charge in [-0.1, -0.05) is 22.0 Å². The van der Waals surface area contributed by atoms with Crippen molar-refractivity contribution in [2.24, 2.45) is 23.7 Å². The third-order valence-corrected chi connectivity index (χ3v) is 8.24. The van der Waals surface area contributed by atoms with Crippen molar-refractivity contribution >= 4 is 51.0 Å². The summed E-state index contributed by atoms with van der Waals surface area (Å²) in [6, 6.07) is 10.0. The van der Waals surface area contributed by atoms with Crippen LogP contribution in [-0.2, 0) is 19.1 Å². The van der Waals surface area contributed by atoms with Crippen LogP contribution in [0, 0.1) is 37.5 Å². The number of imide groups is 1. The number of carbonyl (C=O) groups excluding carboxylic acids is 4. The highest BCUT2D eigenvalue weighted by Gasteiger charge is 2.61. The molecule has 7 nitrogen and oxygen atoms in total. The molecule has 0 radical (unpaired) electrons. The Hall–Kier alpha value is -3.00. The quantitative estimate of drug-likeness (QED) is 0.462. The van der Waals surface area contributed by atoms with Crippen molar-refractivity contribution in [1.29, 1.82) is 0 Å². The van der Waals surface area contributed by atoms with Crippen molar-refractivity contribution in [2.75, 3.05) is 16.8 Å². The maximum Gasteiger partial charge on any atom is 0.338 e. The van der Waals surface area contributed by atoms with Gasteiger partial charge in [-0.3, -0.25) is 19.3 Å². The van der Waals surface area contributed by atoms with Gasteiger partial charge in [-0.05, 0) is 86.4 Å². The molecule has 0 spiro atoms. The van der Waals surface area contributed by atoms with Crippen LogP contribution in [0.2, 0.25) is 0 Å². The van der Waals surface area contributed by atoms with E-state index in [0.717, 1.165) is 34.9 Å². The summed E-state index contributed by atoms with van der Waals surface area (Å²) in [5.41, 5.74) is 3.06. The van der Waals surface area contributed by atoms with Gasteiger partial charge in [0.05, 0.1) is 23.1 Å². The minimum absolute atomic E-state index is 0.160. The van der Waals surface area contributed by atoms with E-state index in [1.807, 2.05) is 26.0 Å². The summed E-state index contributed by atoms with van der Waals surface area (Å²) in [6.45, 7) is 3.34. The van der Waals surface area contributed by atoms with Gasteiger partial charge >= 0.3 is 5.97 Å². The van der Waals surface area contributed by atoms with E-state index in [9.17, 15) is 19.2 Å². The molecule has 5 rings (SSSR count). The summed E-state index contributed by atoms with van der Waals surface area (Å²) in [5, 5.41) is 2.75. The summed E-state index contributed by atoms with van der Waals surface area (Å²) >= 11 is 3.45. The highest BCUT2D eigenvalue weighted by Crippen LogP contribution is 2.56. The zero-order chi connectivity index (χ0) is 24.1. The topological polar surface area (TPSA) is 92.8 Å². The number of carbonyl (C=O) groups is 4. The van der Waals surface area contributed by atoms with Gasteiger partial charge in [0.15, 0.2) is 6.61 Å². The predicted octanol–water partition coefficient (Wildman–Crippen LogP) is 4.40. The van der Waals surface area contributed by atoms with Crippen LogP contribution in [0.15, 0.2) is 40.9 Å². The molecule has 0 unspecified atom stereocenters. The first kappa shape index (κ1) is 22.8. The maximum atomic E-state index is 13.1. The van der Waals surface area contributed by atoms with E-state index in [2.05, 4.69) is 21.2 Å². The van der Waals surface area contributed by atoms with Crippen molar-refractivity contribution in [2.45, 2.75) is 33.1 Å². The Bertz CT molecular complexity index is 1200. The van der Waals surface area contributed by atoms with E-state index >= 15 is 0 Å². The monoisotopic (exact) mass is 524 g/mol. The molecule has 1 saturated heterocycles. The first-order valence-corrected chi connectivity index (χ1v) is 12.3. The molecule has 8 heteroatoms. The number of hydrogen-bond donors (Lipinski definition) is 1. The lowest BCUT2D eigenvalue weighted by atomic mass is 9.81. The second kappa shape index (κ2) is 8.65. The Morgan fingerprint density at radius 3 is 2.38 bits per heavy atom. The number of halogens is 1. The van der Waals surface area contributed by atoms with Crippen molar-refractivity contribution in [1.82, 2.24) is 0 Å². The number of ether oxygens (including phenoxy) is 1. The van der Waals surface area contributed by atoms with Gasteiger partial charge in [-0.25, -0.2) is 4.79 Å². The lowest BCUT2D eigenvalue weighted by Crippen LogP contribution is -2.32. The fourth-order valence-corrected chi connectivity index (χ4v) is 6.21. The van der Waals surface area contributed by atoms with Gasteiger partial charge in [0.2, 0.25) is 11.8 Å². The van der Waals surface area contributed by atoms with E-state index in [-0.39, 0.29) is 29.2 Å². The zero-order valence-electron chi connectivity index (χ0n) is 19.0. The average Bonchev–Trinajstić information content (AvgIpc) is 3.49. The van der Waals surface area contributed by atoms with Gasteiger partial charge < -0.3 is 10.1 Å². The van der Waals surface area contributed by atoms with Crippen LogP contribution in [0.5, 0.6) is 0 Å². The standard InChI is InChI=1S/C26H25BrN2O5/c1-13-9-20(14(2)8-19(13)27)28-21(30)12-34-26(33)17-4-3-5-18(11-17)29-24(31)22-15-6-7-16(10-15)23(22)25(29)32/h3-5,8-9,11,15-16,22-23H,6-7,10,12H2,1-2H3,(H,28,30)/t15-,16-,22+,23+/m0/s1. The van der Waals surface area contributed by atoms with Gasteiger partial charge in [0.25, 0.3) is 5.91 Å². The average molecular weight is 525 g/mol. The largest absolute Gasteiger partial charge is 0.452 e. The Labute approximate surface area is 206 Å². The van der Waals surface area contributed by atoms with Crippen molar-refractivity contribution < 1.29 is 23.9 Å². The number of nitrogens with zero attached hydrogens (tertiary/aromatic N) is 1. The fourth-order valence-electron chi connectivity index (χ4n) is 5.75. The Morgan fingerprint density at radius 1 is 1.03 bits per heavy atom. The maximum absolute atomic E-state index is 13.1. The number of fused-ring (bicyclic) bond motifs is 5. The van der Waals surface area contributed by atoms with Gasteiger partial charge in [0, 0.05) is 10.2 Å². The van der Waals surface area contributed by atoms with Crippen LogP contribution < -0.4 is 10.2 Å². The van der Waals surface area contributed by atoms with E-state index < -0.39 is 18.5 Å². The Kier molecular flexibility index (Phi) is 5.80. The van der Waals surface area contributed by atoms with Crippen molar-refractivity contribution in [3.63, 3.8) is 0 Å². The molecule has 2 saturated carbocycles. The van der Waals surface area contributed by atoms with Gasteiger partial charge in [0.1, 0.15) is 0 Å². The molecule has 3 aliphatic rings. The first-order valence-electron chi connectivity index (χ1n) is 11.5. The van der Waals surface area contributed by atoms with E-state index in [1.54, 1.807) is 18.2 Å². The number of benzene rings is 2. The molecule has 3 fully saturated rings. The van der Waals surface area contributed by atoms with Crippen molar-refractivity contribution in [3.8, 4) is 0 Å². The van der Waals surface area contributed by atoms with Crippen LogP contribution >= 0.6 is 15.9 Å². The highest BCUT2D eigenvalue weighted by molar-refractivity contribution is 9.10. The molecule has 1 N–H and O–H groups in total. The number of anilines is 2. The predicted molar refractivity (Wildman–Crippen MR) is 129 cm³/mol. The molecule has 34 heavy (non-hydrogen) atoms. The van der Waals surface area contributed by atoms with Crippen LogP contribution in [0.1, 0.15) is 40.7 Å². The van der Waals surface area contributed by atoms with E-state index in [4.69, 9.17) is 4.74 Å². The van der Waals surface area contributed by atoms with Crippen LogP contribution in [0.25, 0.3) is 0 Å². The SMILES string of the molecule is Cc1cc(NC(=O)COC(=O)c2cccc(N3C(=O)[C@@H]4[C@H]5CC[C@@H](C5)[C@H]4C3=O)c2)c(C)cc1Br. The lowest BCUT2D eigenvalue weighted by molar-refractivity contribution is -0.123. The molecule has 2 aromatic rings. The molecule has 3 amide bonds. The zero-order valence-corrected chi connectivity index (χ0v) is 20.6. The summed E-state index contributed by atoms with van der Waals surface area (Å²) in [4.78, 5) is 52.3. The van der Waals surface area contributed by atoms with E-state index in [1.165, 1.54) is 11.0 Å². The fraction of sp³-hybridized carbons (Fsp3) is 0.385. The highest BCUT2D eigenvalue weighted by atomic mass is 79.9. The summed E-state index contributed by atoms with van der Waals surface area (Å²) in [7, 11) is 0. The molecule has 2 bridgehead atoms. The third kappa shape index (κ3) is 3.83. The second-order valence-corrected chi connectivity index (χ2v) is 10.3. The normalized spacial score (nSPS) is 25.0. The number of amides is 3. The minimum atomic E-state index is -0.694. The van der Waals surface area contributed by atoms with Gasteiger partial charge in [-0.2, -0.15) is 0 Å². The Morgan fingerprint density at radius 2 is 1.71 bits per heavy atom. The molecule has 0 aromatic heterocycles. The number of esters is 1. The van der Waals surface area contributed by atoms with Crippen LogP contribution in [0.4, 0.5) is 11.4 Å². The number of aryl methyl sites for hydroxylation is 2. The van der Waals surface area contributed by atoms with E-state index in [0.29, 0.717) is 23.2 Å². The summed E-state index contributed by atoms with van der Waals surface area (Å²) in [5.74, 6) is -1.34. The molecular weight excluding hydrogens is 500 g/mol. The minimum Gasteiger partial charge on any atom is -0.452 e. The molecule has 176 valence electrons. The Balaban J connectivity index is 1.25. The molecule has 2 aromatic carbocycles. The lowest BCUT2D eigenvalue weighted by Gasteiger charge is -2.19. The summed E-state index contributed by atoms with van der Waals surface area (Å²) in [6.07, 6.45) is 2.98.